The summed E-state index contributed by atoms with van der Waals surface area (Å²) in [5.41, 5.74) is -0.930. The smallest absolute Gasteiger partial charge is 0.313 e. The van der Waals surface area contributed by atoms with Gasteiger partial charge in [0.2, 0.25) is 0 Å². The van der Waals surface area contributed by atoms with E-state index in [0.717, 1.165) is 25.0 Å². The summed E-state index contributed by atoms with van der Waals surface area (Å²) in [6.07, 6.45) is 2.74. The molecule has 0 aliphatic heterocycles. The van der Waals surface area contributed by atoms with Gasteiger partial charge in [-0.25, -0.2) is 8.78 Å². The van der Waals surface area contributed by atoms with Gasteiger partial charge in [-0.2, -0.15) is 0 Å². The number of hydrogen-bond donors (Lipinski definition) is 1. The zero-order chi connectivity index (χ0) is 13.2. The Balaban J connectivity index is 2.08. The van der Waals surface area contributed by atoms with E-state index in [1.54, 1.807) is 0 Å². The fourth-order valence-electron chi connectivity index (χ4n) is 2.28. The third kappa shape index (κ3) is 2.44. The van der Waals surface area contributed by atoms with Crippen LogP contribution in [0.1, 0.15) is 25.7 Å². The molecule has 0 aromatic heterocycles. The molecule has 18 heavy (non-hydrogen) atoms. The normalized spacial score (nSPS) is 17.7. The predicted octanol–water partition coefficient (Wildman–Crippen LogP) is 2.99. The Labute approximate surface area is 103 Å². The summed E-state index contributed by atoms with van der Waals surface area (Å²) in [6, 6.07) is 2.98. The average Bonchev–Trinajstić information content (AvgIpc) is 2.78. The van der Waals surface area contributed by atoms with Gasteiger partial charge in [0.25, 0.3) is 0 Å². The van der Waals surface area contributed by atoms with Gasteiger partial charge in [0.05, 0.1) is 0 Å². The molecule has 0 heterocycles. The minimum Gasteiger partial charge on any atom is -0.489 e. The zero-order valence-electron chi connectivity index (χ0n) is 9.79. The van der Waals surface area contributed by atoms with Crippen LogP contribution in [0.5, 0.6) is 5.75 Å². The maximum absolute atomic E-state index is 13.3. The van der Waals surface area contributed by atoms with E-state index < -0.39 is 23.0 Å². The summed E-state index contributed by atoms with van der Waals surface area (Å²) in [4.78, 5) is 11.3. The van der Waals surface area contributed by atoms with Crippen molar-refractivity contribution in [2.75, 3.05) is 6.61 Å². The minimum absolute atomic E-state index is 0.0785. The van der Waals surface area contributed by atoms with E-state index in [-0.39, 0.29) is 12.4 Å². The van der Waals surface area contributed by atoms with E-state index in [1.165, 1.54) is 6.07 Å². The molecule has 2 rings (SSSR count). The van der Waals surface area contributed by atoms with Gasteiger partial charge in [-0.15, -0.1) is 0 Å². The van der Waals surface area contributed by atoms with E-state index in [9.17, 15) is 18.7 Å². The molecule has 1 aromatic carbocycles. The number of hydrogen-bond acceptors (Lipinski definition) is 2. The molecule has 1 fully saturated rings. The van der Waals surface area contributed by atoms with E-state index in [1.807, 2.05) is 0 Å². The molecule has 0 saturated heterocycles. The lowest BCUT2D eigenvalue weighted by Crippen LogP contribution is -2.34. The number of carboxylic acid groups (broad SMARTS) is 1. The largest absolute Gasteiger partial charge is 0.489 e. The molecule has 1 aliphatic carbocycles. The molecule has 0 radical (unpaired) electrons. The van der Waals surface area contributed by atoms with Crippen LogP contribution < -0.4 is 4.74 Å². The van der Waals surface area contributed by atoms with Crippen molar-refractivity contribution in [2.24, 2.45) is 5.41 Å². The molecule has 1 aliphatic rings. The van der Waals surface area contributed by atoms with Crippen LogP contribution in [-0.4, -0.2) is 17.7 Å². The lowest BCUT2D eigenvalue weighted by atomic mass is 9.87. The van der Waals surface area contributed by atoms with Crippen LogP contribution >= 0.6 is 0 Å². The highest BCUT2D eigenvalue weighted by atomic mass is 19.1. The molecule has 98 valence electrons. The molecule has 0 bridgehead atoms. The monoisotopic (exact) mass is 256 g/mol. The highest BCUT2D eigenvalue weighted by Gasteiger charge is 2.42. The minimum atomic E-state index is -0.930. The highest BCUT2D eigenvalue weighted by molar-refractivity contribution is 5.75. The summed E-state index contributed by atoms with van der Waals surface area (Å²) in [6.45, 7) is -0.0785. The zero-order valence-corrected chi connectivity index (χ0v) is 9.79. The van der Waals surface area contributed by atoms with Gasteiger partial charge in [0, 0.05) is 6.07 Å². The van der Waals surface area contributed by atoms with E-state index in [4.69, 9.17) is 4.74 Å². The van der Waals surface area contributed by atoms with Crippen LogP contribution in [0.2, 0.25) is 0 Å². The van der Waals surface area contributed by atoms with Crippen molar-refractivity contribution in [2.45, 2.75) is 25.7 Å². The number of aliphatic carboxylic acids is 1. The second kappa shape index (κ2) is 4.92. The molecule has 0 spiro atoms. The van der Waals surface area contributed by atoms with Crippen molar-refractivity contribution >= 4 is 5.97 Å². The third-order valence-corrected chi connectivity index (χ3v) is 3.41. The fourth-order valence-corrected chi connectivity index (χ4v) is 2.28. The Morgan fingerprint density at radius 1 is 1.33 bits per heavy atom. The van der Waals surface area contributed by atoms with Gasteiger partial charge < -0.3 is 9.84 Å². The Kier molecular flexibility index (Phi) is 3.50. The SMILES string of the molecule is O=C(O)C1(COc2ccc(F)cc2F)CCCC1. The van der Waals surface area contributed by atoms with Crippen molar-refractivity contribution in [3.8, 4) is 5.75 Å². The van der Waals surface area contributed by atoms with Crippen molar-refractivity contribution in [1.29, 1.82) is 0 Å². The van der Waals surface area contributed by atoms with Crippen LogP contribution in [-0.2, 0) is 4.79 Å². The van der Waals surface area contributed by atoms with Gasteiger partial charge in [0.1, 0.15) is 17.8 Å². The summed E-state index contributed by atoms with van der Waals surface area (Å²) in [5, 5.41) is 9.22. The van der Waals surface area contributed by atoms with Crippen LogP contribution in [0, 0.1) is 17.0 Å². The molecular weight excluding hydrogens is 242 g/mol. The molecule has 3 nitrogen and oxygen atoms in total. The molecule has 0 atom stereocenters. The number of halogens is 2. The second-order valence-electron chi connectivity index (χ2n) is 4.66. The van der Waals surface area contributed by atoms with Crippen LogP contribution in [0.15, 0.2) is 18.2 Å². The summed E-state index contributed by atoms with van der Waals surface area (Å²) >= 11 is 0. The maximum atomic E-state index is 13.3. The lowest BCUT2D eigenvalue weighted by molar-refractivity contribution is -0.150. The number of rotatable bonds is 4. The Bertz CT molecular complexity index is 454. The molecule has 1 saturated carbocycles. The van der Waals surface area contributed by atoms with Crippen molar-refractivity contribution in [1.82, 2.24) is 0 Å². The van der Waals surface area contributed by atoms with Crippen LogP contribution in [0.4, 0.5) is 8.78 Å². The van der Waals surface area contributed by atoms with Crippen molar-refractivity contribution < 1.29 is 23.4 Å². The standard InChI is InChI=1S/C13H14F2O3/c14-9-3-4-11(10(15)7-9)18-8-13(12(16)17)5-1-2-6-13/h3-4,7H,1-2,5-6,8H2,(H,16,17). The van der Waals surface area contributed by atoms with Crippen LogP contribution in [0.25, 0.3) is 0 Å². The second-order valence-corrected chi connectivity index (χ2v) is 4.66. The Morgan fingerprint density at radius 2 is 2.00 bits per heavy atom. The highest BCUT2D eigenvalue weighted by Crippen LogP contribution is 2.39. The first kappa shape index (κ1) is 12.8. The molecule has 5 heteroatoms. The first-order valence-electron chi connectivity index (χ1n) is 5.85. The van der Waals surface area contributed by atoms with Gasteiger partial charge in [-0.3, -0.25) is 4.79 Å². The first-order valence-corrected chi connectivity index (χ1v) is 5.85. The van der Waals surface area contributed by atoms with Crippen molar-refractivity contribution in [3.63, 3.8) is 0 Å². The number of carboxylic acids is 1. The number of ether oxygens (including phenoxy) is 1. The molecular formula is C13H14F2O3. The van der Waals surface area contributed by atoms with Gasteiger partial charge in [0.15, 0.2) is 11.6 Å². The fraction of sp³-hybridized carbons (Fsp3) is 0.462. The quantitative estimate of drug-likeness (QED) is 0.900. The first-order chi connectivity index (χ1) is 8.53. The molecule has 0 amide bonds. The van der Waals surface area contributed by atoms with E-state index in [2.05, 4.69) is 0 Å². The third-order valence-electron chi connectivity index (χ3n) is 3.41. The topological polar surface area (TPSA) is 46.5 Å². The van der Waals surface area contributed by atoms with Gasteiger partial charge in [-0.05, 0) is 25.0 Å². The van der Waals surface area contributed by atoms with Gasteiger partial charge >= 0.3 is 5.97 Å². The lowest BCUT2D eigenvalue weighted by Gasteiger charge is -2.23. The molecule has 1 N–H and O–H groups in total. The Morgan fingerprint density at radius 3 is 2.56 bits per heavy atom. The number of benzene rings is 1. The predicted molar refractivity (Wildman–Crippen MR) is 60.4 cm³/mol. The maximum Gasteiger partial charge on any atom is 0.313 e. The van der Waals surface area contributed by atoms with E-state index in [0.29, 0.717) is 12.8 Å². The molecule has 1 aromatic rings. The van der Waals surface area contributed by atoms with Gasteiger partial charge in [-0.1, -0.05) is 12.8 Å². The average molecular weight is 256 g/mol. The summed E-state index contributed by atoms with van der Waals surface area (Å²) in [7, 11) is 0. The van der Waals surface area contributed by atoms with Crippen molar-refractivity contribution in [3.05, 3.63) is 29.8 Å². The summed E-state index contributed by atoms with van der Waals surface area (Å²) < 4.78 is 31.3. The van der Waals surface area contributed by atoms with Crippen LogP contribution in [0.3, 0.4) is 0 Å². The summed E-state index contributed by atoms with van der Waals surface area (Å²) in [5.74, 6) is -2.52. The molecule has 0 unspecified atom stereocenters. The van der Waals surface area contributed by atoms with E-state index >= 15 is 0 Å². The number of carbonyl (C=O) groups is 1. The Hall–Kier alpha value is -1.65.